The number of nitrogens with zero attached hydrogens (tertiary/aromatic N) is 2. The third-order valence-corrected chi connectivity index (χ3v) is 2.91. The number of halogens is 3. The van der Waals surface area contributed by atoms with Crippen LogP contribution in [0, 0.1) is 17.5 Å². The molecule has 0 atom stereocenters. The minimum atomic E-state index is -1.03. The van der Waals surface area contributed by atoms with Crippen LogP contribution in [0.15, 0.2) is 12.1 Å². The molecule has 0 saturated carbocycles. The molecule has 1 aromatic heterocycles. The fourth-order valence-corrected chi connectivity index (χ4v) is 1.92. The van der Waals surface area contributed by atoms with Gasteiger partial charge in [0.05, 0.1) is 11.4 Å². The van der Waals surface area contributed by atoms with Crippen LogP contribution in [-0.4, -0.2) is 9.78 Å². The number of nitrogens with two attached hydrogens (primary N) is 1. The summed E-state index contributed by atoms with van der Waals surface area (Å²) in [6.45, 7) is 3.81. The number of hydrogen-bond donors (Lipinski definition) is 2. The second-order valence-corrected chi connectivity index (χ2v) is 4.80. The summed E-state index contributed by atoms with van der Waals surface area (Å²) in [4.78, 5) is 0. The van der Waals surface area contributed by atoms with Crippen molar-refractivity contribution < 1.29 is 13.2 Å². The molecule has 108 valence electrons. The van der Waals surface area contributed by atoms with E-state index >= 15 is 0 Å². The molecule has 0 fully saturated rings. The van der Waals surface area contributed by atoms with Gasteiger partial charge in [-0.2, -0.15) is 5.10 Å². The van der Waals surface area contributed by atoms with Gasteiger partial charge in [-0.15, -0.1) is 0 Å². The van der Waals surface area contributed by atoms with Crippen molar-refractivity contribution in [2.75, 3.05) is 11.1 Å². The lowest BCUT2D eigenvalue weighted by Gasteiger charge is -2.10. The van der Waals surface area contributed by atoms with Crippen LogP contribution in [0.25, 0.3) is 0 Å². The lowest BCUT2D eigenvalue weighted by molar-refractivity contribution is 0.548. The molecule has 2 rings (SSSR count). The molecule has 2 aromatic rings. The van der Waals surface area contributed by atoms with Crippen molar-refractivity contribution in [3.63, 3.8) is 0 Å². The molecule has 0 saturated heterocycles. The van der Waals surface area contributed by atoms with Crippen LogP contribution in [0.4, 0.5) is 30.4 Å². The first-order valence-corrected chi connectivity index (χ1v) is 6.05. The van der Waals surface area contributed by atoms with Gasteiger partial charge in [0.25, 0.3) is 0 Å². The van der Waals surface area contributed by atoms with E-state index in [1.807, 2.05) is 13.8 Å². The number of nitrogens with one attached hydrogen (secondary N) is 1. The van der Waals surface area contributed by atoms with Crippen LogP contribution in [0.2, 0.25) is 0 Å². The van der Waals surface area contributed by atoms with Crippen molar-refractivity contribution in [2.45, 2.75) is 19.8 Å². The first-order chi connectivity index (χ1) is 9.31. The van der Waals surface area contributed by atoms with Crippen LogP contribution in [-0.2, 0) is 7.05 Å². The predicted octanol–water partition coefficient (Wildman–Crippen LogP) is 3.29. The van der Waals surface area contributed by atoms with Crippen molar-refractivity contribution in [3.05, 3.63) is 35.3 Å². The Hall–Kier alpha value is -2.18. The number of hydrogen-bond acceptors (Lipinski definition) is 3. The van der Waals surface area contributed by atoms with E-state index in [0.29, 0.717) is 23.5 Å². The van der Waals surface area contributed by atoms with Crippen LogP contribution >= 0.6 is 0 Å². The number of aromatic nitrogens is 2. The van der Waals surface area contributed by atoms with Crippen LogP contribution < -0.4 is 11.1 Å². The summed E-state index contributed by atoms with van der Waals surface area (Å²) >= 11 is 0. The van der Waals surface area contributed by atoms with Crippen molar-refractivity contribution in [2.24, 2.45) is 7.05 Å². The molecule has 0 aliphatic rings. The molecule has 7 heteroatoms. The lowest BCUT2D eigenvalue weighted by atomic mass is 10.1. The van der Waals surface area contributed by atoms with Crippen LogP contribution in [0.3, 0.4) is 0 Å². The monoisotopic (exact) mass is 284 g/mol. The van der Waals surface area contributed by atoms with E-state index in [2.05, 4.69) is 10.4 Å². The van der Waals surface area contributed by atoms with Crippen LogP contribution in [0.1, 0.15) is 25.5 Å². The highest BCUT2D eigenvalue weighted by Gasteiger charge is 2.19. The van der Waals surface area contributed by atoms with E-state index in [0.717, 1.165) is 0 Å². The van der Waals surface area contributed by atoms with Gasteiger partial charge in [-0.3, -0.25) is 4.68 Å². The highest BCUT2D eigenvalue weighted by atomic mass is 19.1. The summed E-state index contributed by atoms with van der Waals surface area (Å²) in [5, 5.41) is 6.73. The Morgan fingerprint density at radius 1 is 1.20 bits per heavy atom. The topological polar surface area (TPSA) is 55.9 Å². The molecule has 0 unspecified atom stereocenters. The van der Waals surface area contributed by atoms with E-state index in [9.17, 15) is 13.2 Å². The van der Waals surface area contributed by atoms with Crippen LogP contribution in [0.5, 0.6) is 0 Å². The second-order valence-electron chi connectivity index (χ2n) is 4.80. The standard InChI is InChI=1S/C13H15F3N4/c1-6(2)11-10(17)13(20(3)19-11)18-12-8(15)4-7(14)5-9(12)16/h4-6,18H,17H2,1-3H3. The summed E-state index contributed by atoms with van der Waals surface area (Å²) in [5.41, 5.74) is 6.39. The first-order valence-electron chi connectivity index (χ1n) is 6.05. The highest BCUT2D eigenvalue weighted by molar-refractivity contribution is 5.72. The third kappa shape index (κ3) is 2.43. The Labute approximate surface area is 114 Å². The van der Waals surface area contributed by atoms with Gasteiger partial charge in [0.1, 0.15) is 11.5 Å². The molecule has 0 spiro atoms. The molecule has 3 N–H and O–H groups in total. The van der Waals surface area contributed by atoms with Crippen molar-refractivity contribution in [3.8, 4) is 0 Å². The average molecular weight is 284 g/mol. The second kappa shape index (κ2) is 5.07. The van der Waals surface area contributed by atoms with Gasteiger partial charge in [-0.25, -0.2) is 13.2 Å². The molecule has 4 nitrogen and oxygen atoms in total. The van der Waals surface area contributed by atoms with Gasteiger partial charge in [0.15, 0.2) is 17.5 Å². The number of aryl methyl sites for hydroxylation is 1. The highest BCUT2D eigenvalue weighted by Crippen LogP contribution is 2.32. The fraction of sp³-hybridized carbons (Fsp3) is 0.308. The molecule has 0 aliphatic carbocycles. The molecule has 0 amide bonds. The SMILES string of the molecule is CC(C)c1nn(C)c(Nc2c(F)cc(F)cc2F)c1N. The van der Waals surface area contributed by atoms with Crippen molar-refractivity contribution >= 4 is 17.2 Å². The normalized spacial score (nSPS) is 11.2. The molecule has 0 bridgehead atoms. The summed E-state index contributed by atoms with van der Waals surface area (Å²) in [6, 6.07) is 1.20. The predicted molar refractivity (Wildman–Crippen MR) is 71.3 cm³/mol. The number of benzene rings is 1. The number of rotatable bonds is 3. The zero-order chi connectivity index (χ0) is 15.0. The lowest BCUT2D eigenvalue weighted by Crippen LogP contribution is -2.05. The van der Waals surface area contributed by atoms with Gasteiger partial charge in [0, 0.05) is 19.2 Å². The van der Waals surface area contributed by atoms with E-state index < -0.39 is 23.1 Å². The minimum Gasteiger partial charge on any atom is -0.394 e. The molecule has 1 heterocycles. The molecule has 0 radical (unpaired) electrons. The van der Waals surface area contributed by atoms with Gasteiger partial charge in [-0.1, -0.05) is 13.8 Å². The van der Waals surface area contributed by atoms with Gasteiger partial charge < -0.3 is 11.1 Å². The Bertz CT molecular complexity index is 626. The quantitative estimate of drug-likeness (QED) is 0.909. The maximum atomic E-state index is 13.6. The number of anilines is 3. The summed E-state index contributed by atoms with van der Waals surface area (Å²) in [5.74, 6) is -2.72. The molecule has 20 heavy (non-hydrogen) atoms. The maximum absolute atomic E-state index is 13.6. The van der Waals surface area contributed by atoms with E-state index in [1.165, 1.54) is 4.68 Å². The zero-order valence-corrected chi connectivity index (χ0v) is 11.3. The smallest absolute Gasteiger partial charge is 0.152 e. The third-order valence-electron chi connectivity index (χ3n) is 2.91. The minimum absolute atomic E-state index is 0.0691. The largest absolute Gasteiger partial charge is 0.394 e. The Morgan fingerprint density at radius 3 is 2.20 bits per heavy atom. The Kier molecular flexibility index (Phi) is 3.61. The molecular weight excluding hydrogens is 269 g/mol. The average Bonchev–Trinajstić information content (AvgIpc) is 2.60. The number of nitrogen functional groups attached to an aromatic ring is 1. The molecular formula is C13H15F3N4. The van der Waals surface area contributed by atoms with Crippen molar-refractivity contribution in [1.82, 2.24) is 9.78 Å². The summed E-state index contributed by atoms with van der Waals surface area (Å²) < 4.78 is 41.5. The fourth-order valence-electron chi connectivity index (χ4n) is 1.92. The maximum Gasteiger partial charge on any atom is 0.152 e. The van der Waals surface area contributed by atoms with E-state index in [-0.39, 0.29) is 11.7 Å². The van der Waals surface area contributed by atoms with Gasteiger partial charge in [0.2, 0.25) is 0 Å². The molecule has 0 aliphatic heterocycles. The van der Waals surface area contributed by atoms with Gasteiger partial charge in [-0.05, 0) is 5.92 Å². The summed E-state index contributed by atoms with van der Waals surface area (Å²) in [7, 11) is 1.60. The van der Waals surface area contributed by atoms with E-state index in [1.54, 1.807) is 7.05 Å². The first kappa shape index (κ1) is 14.2. The Balaban J connectivity index is 2.46. The van der Waals surface area contributed by atoms with Crippen molar-refractivity contribution in [1.29, 1.82) is 0 Å². The zero-order valence-electron chi connectivity index (χ0n) is 11.3. The summed E-state index contributed by atoms with van der Waals surface area (Å²) in [6.07, 6.45) is 0. The van der Waals surface area contributed by atoms with Gasteiger partial charge >= 0.3 is 0 Å². The molecule has 1 aromatic carbocycles. The Morgan fingerprint density at radius 2 is 1.75 bits per heavy atom. The van der Waals surface area contributed by atoms with E-state index in [4.69, 9.17) is 5.73 Å².